The Hall–Kier alpha value is -2.20. The maximum atomic E-state index is 5.67. The Balaban J connectivity index is 1.83. The Labute approximate surface area is 117 Å². The molecular formula is C16H17N3O. The molecule has 20 heavy (non-hydrogen) atoms. The number of hydrogen-bond acceptors (Lipinski definition) is 4. The molecule has 0 aliphatic carbocycles. The molecule has 0 bridgehead atoms. The van der Waals surface area contributed by atoms with Gasteiger partial charge in [0.1, 0.15) is 0 Å². The van der Waals surface area contributed by atoms with Crippen molar-refractivity contribution in [1.82, 2.24) is 15.5 Å². The van der Waals surface area contributed by atoms with Gasteiger partial charge in [-0.05, 0) is 30.3 Å². The number of nitrogens with one attached hydrogen (secondary N) is 1. The van der Waals surface area contributed by atoms with Crippen LogP contribution in [0.15, 0.2) is 46.9 Å². The summed E-state index contributed by atoms with van der Waals surface area (Å²) in [4.78, 5) is 0. The molecular weight excluding hydrogens is 250 g/mol. The fraction of sp³-hybridized carbons (Fsp3) is 0.250. The van der Waals surface area contributed by atoms with Crippen LogP contribution in [-0.4, -0.2) is 17.2 Å². The van der Waals surface area contributed by atoms with E-state index in [4.69, 9.17) is 4.42 Å². The Morgan fingerprint density at radius 1 is 1.10 bits per heavy atom. The first-order chi connectivity index (χ1) is 9.76. The Morgan fingerprint density at radius 3 is 2.70 bits per heavy atom. The minimum absolute atomic E-state index is 0.0767. The molecule has 0 fully saturated rings. The van der Waals surface area contributed by atoms with E-state index in [1.54, 1.807) is 0 Å². The summed E-state index contributed by atoms with van der Waals surface area (Å²) < 4.78 is 5.67. The lowest BCUT2D eigenvalue weighted by Gasteiger charge is -2.03. The smallest absolute Gasteiger partial charge is 0.233 e. The Kier molecular flexibility index (Phi) is 3.48. The zero-order chi connectivity index (χ0) is 13.9. The monoisotopic (exact) mass is 267 g/mol. The highest BCUT2D eigenvalue weighted by atomic mass is 16.4. The quantitative estimate of drug-likeness (QED) is 0.789. The van der Waals surface area contributed by atoms with Crippen LogP contribution in [0.2, 0.25) is 0 Å². The van der Waals surface area contributed by atoms with E-state index in [2.05, 4.69) is 45.8 Å². The Bertz CT molecular complexity index is 720. The van der Waals surface area contributed by atoms with Crippen molar-refractivity contribution < 1.29 is 4.42 Å². The number of hydrogen-bond donors (Lipinski definition) is 1. The third-order valence-electron chi connectivity index (χ3n) is 3.46. The molecule has 0 amide bonds. The van der Waals surface area contributed by atoms with Gasteiger partial charge < -0.3 is 9.73 Å². The molecule has 2 aromatic carbocycles. The second-order valence-electron chi connectivity index (χ2n) is 4.90. The first-order valence-corrected chi connectivity index (χ1v) is 6.73. The predicted molar refractivity (Wildman–Crippen MR) is 78.5 cm³/mol. The van der Waals surface area contributed by atoms with Crippen LogP contribution in [0.4, 0.5) is 0 Å². The van der Waals surface area contributed by atoms with E-state index in [1.807, 2.05) is 26.1 Å². The molecule has 1 aromatic heterocycles. The average molecular weight is 267 g/mol. The molecule has 0 aliphatic rings. The standard InChI is InChI=1S/C16H17N3O/c1-11(17-2)16-19-18-15(20-16)10-12-7-8-13-5-3-4-6-14(13)9-12/h3-9,11,17H,10H2,1-2H3. The van der Waals surface area contributed by atoms with Crippen molar-refractivity contribution in [3.63, 3.8) is 0 Å². The molecule has 1 N–H and O–H groups in total. The van der Waals surface area contributed by atoms with Gasteiger partial charge in [0.2, 0.25) is 11.8 Å². The van der Waals surface area contributed by atoms with Crippen molar-refractivity contribution >= 4 is 10.8 Å². The number of rotatable bonds is 4. The van der Waals surface area contributed by atoms with E-state index >= 15 is 0 Å². The van der Waals surface area contributed by atoms with Gasteiger partial charge in [-0.1, -0.05) is 42.5 Å². The molecule has 0 aliphatic heterocycles. The van der Waals surface area contributed by atoms with Crippen LogP contribution in [0.3, 0.4) is 0 Å². The van der Waals surface area contributed by atoms with Gasteiger partial charge in [0.15, 0.2) is 0 Å². The van der Waals surface area contributed by atoms with Gasteiger partial charge in [-0.2, -0.15) is 0 Å². The van der Waals surface area contributed by atoms with Crippen molar-refractivity contribution in [3.8, 4) is 0 Å². The highest BCUT2D eigenvalue weighted by Crippen LogP contribution is 2.18. The van der Waals surface area contributed by atoms with E-state index in [1.165, 1.54) is 16.3 Å². The van der Waals surface area contributed by atoms with Crippen LogP contribution in [-0.2, 0) is 6.42 Å². The average Bonchev–Trinajstić information content (AvgIpc) is 2.95. The maximum Gasteiger partial charge on any atom is 0.233 e. The van der Waals surface area contributed by atoms with E-state index in [-0.39, 0.29) is 6.04 Å². The third-order valence-corrected chi connectivity index (χ3v) is 3.46. The first kappa shape index (κ1) is 12.8. The molecule has 0 spiro atoms. The van der Waals surface area contributed by atoms with E-state index in [0.717, 1.165) is 0 Å². The fourth-order valence-electron chi connectivity index (χ4n) is 2.16. The summed E-state index contributed by atoms with van der Waals surface area (Å²) in [6, 6.07) is 14.8. The van der Waals surface area contributed by atoms with E-state index in [0.29, 0.717) is 18.2 Å². The molecule has 1 heterocycles. The summed E-state index contributed by atoms with van der Waals surface area (Å²) in [6.45, 7) is 1.99. The zero-order valence-corrected chi connectivity index (χ0v) is 11.6. The minimum Gasteiger partial charge on any atom is -0.423 e. The van der Waals surface area contributed by atoms with Gasteiger partial charge in [0.05, 0.1) is 12.5 Å². The summed E-state index contributed by atoms with van der Waals surface area (Å²) in [5.41, 5.74) is 1.18. The lowest BCUT2D eigenvalue weighted by atomic mass is 10.1. The highest BCUT2D eigenvalue weighted by Gasteiger charge is 2.12. The van der Waals surface area contributed by atoms with Gasteiger partial charge in [-0.25, -0.2) is 0 Å². The molecule has 102 valence electrons. The third kappa shape index (κ3) is 2.56. The van der Waals surface area contributed by atoms with Gasteiger partial charge in [0.25, 0.3) is 0 Å². The SMILES string of the molecule is CNC(C)c1nnc(Cc2ccc3ccccc3c2)o1. The number of benzene rings is 2. The molecule has 0 saturated heterocycles. The normalized spacial score (nSPS) is 12.7. The van der Waals surface area contributed by atoms with Crippen LogP contribution in [0, 0.1) is 0 Å². The van der Waals surface area contributed by atoms with Crippen molar-refractivity contribution in [1.29, 1.82) is 0 Å². The lowest BCUT2D eigenvalue weighted by Crippen LogP contribution is -2.12. The maximum absolute atomic E-state index is 5.67. The largest absolute Gasteiger partial charge is 0.423 e. The number of fused-ring (bicyclic) bond motifs is 1. The van der Waals surface area contributed by atoms with Crippen molar-refractivity contribution in [3.05, 3.63) is 59.8 Å². The topological polar surface area (TPSA) is 51.0 Å². The van der Waals surface area contributed by atoms with Crippen LogP contribution in [0.1, 0.15) is 30.3 Å². The van der Waals surface area contributed by atoms with E-state index in [9.17, 15) is 0 Å². The summed E-state index contributed by atoms with van der Waals surface area (Å²) in [5, 5.41) is 13.7. The van der Waals surface area contributed by atoms with Crippen LogP contribution >= 0.6 is 0 Å². The summed E-state index contributed by atoms with van der Waals surface area (Å²) in [7, 11) is 1.87. The van der Waals surface area contributed by atoms with Gasteiger partial charge in [0, 0.05) is 0 Å². The highest BCUT2D eigenvalue weighted by molar-refractivity contribution is 5.83. The lowest BCUT2D eigenvalue weighted by molar-refractivity contribution is 0.410. The fourth-order valence-corrected chi connectivity index (χ4v) is 2.16. The number of aromatic nitrogens is 2. The zero-order valence-electron chi connectivity index (χ0n) is 11.6. The summed E-state index contributed by atoms with van der Waals surface area (Å²) >= 11 is 0. The van der Waals surface area contributed by atoms with Gasteiger partial charge >= 0.3 is 0 Å². The first-order valence-electron chi connectivity index (χ1n) is 6.73. The molecule has 1 atom stereocenters. The molecule has 4 heteroatoms. The summed E-state index contributed by atoms with van der Waals surface area (Å²) in [6.07, 6.45) is 0.661. The van der Waals surface area contributed by atoms with Gasteiger partial charge in [-0.15, -0.1) is 10.2 Å². The van der Waals surface area contributed by atoms with Crippen molar-refractivity contribution in [2.45, 2.75) is 19.4 Å². The minimum atomic E-state index is 0.0767. The molecule has 0 radical (unpaired) electrons. The summed E-state index contributed by atoms with van der Waals surface area (Å²) in [5.74, 6) is 1.28. The van der Waals surface area contributed by atoms with Crippen molar-refractivity contribution in [2.75, 3.05) is 7.05 Å². The van der Waals surface area contributed by atoms with Crippen molar-refractivity contribution in [2.24, 2.45) is 0 Å². The molecule has 1 unspecified atom stereocenters. The Morgan fingerprint density at radius 2 is 1.90 bits per heavy atom. The molecule has 0 saturated carbocycles. The van der Waals surface area contributed by atoms with Crippen LogP contribution < -0.4 is 5.32 Å². The number of nitrogens with zero attached hydrogens (tertiary/aromatic N) is 2. The van der Waals surface area contributed by atoms with Crippen LogP contribution in [0.25, 0.3) is 10.8 Å². The van der Waals surface area contributed by atoms with Crippen LogP contribution in [0.5, 0.6) is 0 Å². The molecule has 3 rings (SSSR count). The second kappa shape index (κ2) is 5.43. The predicted octanol–water partition coefficient (Wildman–Crippen LogP) is 3.09. The van der Waals surface area contributed by atoms with Gasteiger partial charge in [-0.3, -0.25) is 0 Å². The molecule has 4 nitrogen and oxygen atoms in total. The van der Waals surface area contributed by atoms with E-state index < -0.39 is 0 Å². The second-order valence-corrected chi connectivity index (χ2v) is 4.90. The molecule has 3 aromatic rings.